The molecule has 2 rings (SSSR count). The number of carbonyl (C=O) groups excluding carboxylic acids is 1. The van der Waals surface area contributed by atoms with Gasteiger partial charge in [0.1, 0.15) is 5.75 Å². The predicted molar refractivity (Wildman–Crippen MR) is 112 cm³/mol. The molecule has 0 aliphatic carbocycles. The Morgan fingerprint density at radius 2 is 1.78 bits per heavy atom. The highest BCUT2D eigenvalue weighted by atomic mass is 32.2. The van der Waals surface area contributed by atoms with Crippen LogP contribution in [0, 0.1) is 0 Å². The van der Waals surface area contributed by atoms with Gasteiger partial charge in [0.2, 0.25) is 0 Å². The minimum Gasteiger partial charge on any atom is -0.508 e. The van der Waals surface area contributed by atoms with Gasteiger partial charge in [-0.15, -0.1) is 11.8 Å². The summed E-state index contributed by atoms with van der Waals surface area (Å²) >= 11 is 1.76. The molecule has 0 saturated heterocycles. The third-order valence-electron chi connectivity index (χ3n) is 4.38. The van der Waals surface area contributed by atoms with Gasteiger partial charge >= 0.3 is 0 Å². The first kappa shape index (κ1) is 21.3. The van der Waals surface area contributed by atoms with Crippen LogP contribution in [-0.4, -0.2) is 28.3 Å². The van der Waals surface area contributed by atoms with Crippen LogP contribution in [0.15, 0.2) is 47.6 Å². The van der Waals surface area contributed by atoms with Crippen LogP contribution >= 0.6 is 11.8 Å². The number of aromatic nitrogens is 1. The number of benzene rings is 1. The fourth-order valence-corrected chi connectivity index (χ4v) is 3.59. The van der Waals surface area contributed by atoms with Gasteiger partial charge in [-0.05, 0) is 48.4 Å². The Hall–Kier alpha value is -2.01. The van der Waals surface area contributed by atoms with Crippen LogP contribution < -0.4 is 5.32 Å². The summed E-state index contributed by atoms with van der Waals surface area (Å²) in [4.78, 5) is 16.6. The molecule has 2 aromatic rings. The van der Waals surface area contributed by atoms with E-state index in [2.05, 4.69) is 17.2 Å². The van der Waals surface area contributed by atoms with Gasteiger partial charge in [-0.3, -0.25) is 4.79 Å². The van der Waals surface area contributed by atoms with Gasteiger partial charge in [0, 0.05) is 12.7 Å². The molecule has 1 aromatic carbocycles. The van der Waals surface area contributed by atoms with Gasteiger partial charge in [0.15, 0.2) is 0 Å². The van der Waals surface area contributed by atoms with E-state index in [9.17, 15) is 9.90 Å². The molecule has 0 atom stereocenters. The van der Waals surface area contributed by atoms with E-state index < -0.39 is 0 Å². The third-order valence-corrected chi connectivity index (χ3v) is 5.41. The average Bonchev–Trinajstić information content (AvgIpc) is 2.69. The van der Waals surface area contributed by atoms with Gasteiger partial charge in [-0.2, -0.15) is 0 Å². The van der Waals surface area contributed by atoms with Gasteiger partial charge < -0.3 is 10.4 Å². The van der Waals surface area contributed by atoms with Crippen molar-refractivity contribution in [3.05, 3.63) is 53.7 Å². The normalized spacial score (nSPS) is 10.7. The van der Waals surface area contributed by atoms with Crippen LogP contribution in [0.25, 0.3) is 0 Å². The Kier molecular flexibility index (Phi) is 9.77. The van der Waals surface area contributed by atoms with E-state index in [1.165, 1.54) is 38.5 Å². The van der Waals surface area contributed by atoms with Crippen molar-refractivity contribution >= 4 is 17.7 Å². The Morgan fingerprint density at radius 3 is 2.48 bits per heavy atom. The van der Waals surface area contributed by atoms with Gasteiger partial charge in [0.25, 0.3) is 5.91 Å². The van der Waals surface area contributed by atoms with Gasteiger partial charge in [-0.1, -0.05) is 51.2 Å². The third kappa shape index (κ3) is 8.48. The summed E-state index contributed by atoms with van der Waals surface area (Å²) in [6.45, 7) is 2.79. The maximum atomic E-state index is 12.2. The lowest BCUT2D eigenvalue weighted by Gasteiger charge is -2.06. The zero-order valence-corrected chi connectivity index (χ0v) is 16.9. The van der Waals surface area contributed by atoms with Crippen LogP contribution in [0.1, 0.15) is 61.4 Å². The number of unbranched alkanes of at least 4 members (excludes halogenated alkanes) is 5. The van der Waals surface area contributed by atoms with Crippen molar-refractivity contribution in [2.45, 2.75) is 56.9 Å². The molecular formula is C22H30N2O2S. The number of nitrogens with zero attached hydrogens (tertiary/aromatic N) is 1. The first-order valence-corrected chi connectivity index (χ1v) is 10.8. The van der Waals surface area contributed by atoms with E-state index in [1.54, 1.807) is 30.1 Å². The van der Waals surface area contributed by atoms with E-state index in [4.69, 9.17) is 0 Å². The molecule has 4 nitrogen and oxygen atoms in total. The van der Waals surface area contributed by atoms with Crippen LogP contribution in [-0.2, 0) is 6.42 Å². The summed E-state index contributed by atoms with van der Waals surface area (Å²) in [7, 11) is 0. The van der Waals surface area contributed by atoms with E-state index in [0.717, 1.165) is 22.8 Å². The van der Waals surface area contributed by atoms with E-state index in [1.807, 2.05) is 24.3 Å². The maximum Gasteiger partial charge on any atom is 0.252 e. The topological polar surface area (TPSA) is 62.2 Å². The molecule has 1 amide bonds. The molecule has 0 radical (unpaired) electrons. The smallest absolute Gasteiger partial charge is 0.252 e. The van der Waals surface area contributed by atoms with Crippen LogP contribution in [0.3, 0.4) is 0 Å². The first-order valence-electron chi connectivity index (χ1n) is 9.84. The molecule has 27 heavy (non-hydrogen) atoms. The molecule has 0 aliphatic heterocycles. The van der Waals surface area contributed by atoms with Crippen LogP contribution in [0.4, 0.5) is 0 Å². The second-order valence-corrected chi connectivity index (χ2v) is 7.79. The van der Waals surface area contributed by atoms with Crippen molar-refractivity contribution < 1.29 is 9.90 Å². The fourth-order valence-electron chi connectivity index (χ4n) is 2.74. The van der Waals surface area contributed by atoms with Crippen molar-refractivity contribution in [1.82, 2.24) is 10.3 Å². The van der Waals surface area contributed by atoms with E-state index in [-0.39, 0.29) is 11.7 Å². The number of phenols is 1. The second-order valence-electron chi connectivity index (χ2n) is 6.67. The van der Waals surface area contributed by atoms with Crippen LogP contribution in [0.5, 0.6) is 5.75 Å². The largest absolute Gasteiger partial charge is 0.508 e. The maximum absolute atomic E-state index is 12.2. The number of carbonyl (C=O) groups is 1. The molecule has 0 saturated carbocycles. The minimum absolute atomic E-state index is 0.103. The minimum atomic E-state index is -0.103. The van der Waals surface area contributed by atoms with Crippen molar-refractivity contribution in [3.8, 4) is 5.75 Å². The Balaban J connectivity index is 1.64. The van der Waals surface area contributed by atoms with E-state index >= 15 is 0 Å². The fraction of sp³-hybridized carbons (Fsp3) is 0.455. The molecule has 0 spiro atoms. The first-order chi connectivity index (χ1) is 13.2. The summed E-state index contributed by atoms with van der Waals surface area (Å²) < 4.78 is 0. The Morgan fingerprint density at radius 1 is 1.04 bits per heavy atom. The number of phenolic OH excluding ortho intramolecular Hbond substituents is 1. The molecule has 2 N–H and O–H groups in total. The zero-order valence-electron chi connectivity index (χ0n) is 16.1. The van der Waals surface area contributed by atoms with E-state index in [0.29, 0.717) is 12.1 Å². The molecule has 146 valence electrons. The summed E-state index contributed by atoms with van der Waals surface area (Å²) in [5, 5.41) is 13.2. The standard InChI is InChI=1S/C22H30N2O2S/c1-2-3-4-5-6-7-16-27-21-13-10-19(17-24-21)22(26)23-15-14-18-8-11-20(25)12-9-18/h8-13,17,25H,2-7,14-16H2,1H3,(H,23,26). The monoisotopic (exact) mass is 386 g/mol. The summed E-state index contributed by atoms with van der Waals surface area (Å²) in [6.07, 6.45) is 10.2. The highest BCUT2D eigenvalue weighted by molar-refractivity contribution is 7.99. The SMILES string of the molecule is CCCCCCCCSc1ccc(C(=O)NCCc2ccc(O)cc2)cn1. The van der Waals surface area contributed by atoms with Gasteiger partial charge in [0.05, 0.1) is 10.6 Å². The van der Waals surface area contributed by atoms with Crippen molar-refractivity contribution in [2.24, 2.45) is 0 Å². The molecular weight excluding hydrogens is 356 g/mol. The number of pyridine rings is 1. The molecule has 1 aromatic heterocycles. The number of amides is 1. The second kappa shape index (κ2) is 12.4. The van der Waals surface area contributed by atoms with Crippen molar-refractivity contribution in [2.75, 3.05) is 12.3 Å². The highest BCUT2D eigenvalue weighted by Gasteiger charge is 2.06. The Bertz CT molecular complexity index is 672. The predicted octanol–water partition coefficient (Wildman–Crippen LogP) is 5.21. The quantitative estimate of drug-likeness (QED) is 0.388. The van der Waals surface area contributed by atoms with Gasteiger partial charge in [-0.25, -0.2) is 4.98 Å². The number of nitrogens with one attached hydrogen (secondary N) is 1. The molecule has 5 heteroatoms. The van der Waals surface area contributed by atoms with Crippen molar-refractivity contribution in [3.63, 3.8) is 0 Å². The molecule has 1 heterocycles. The number of hydrogen-bond acceptors (Lipinski definition) is 4. The number of hydrogen-bond donors (Lipinski definition) is 2. The number of aromatic hydroxyl groups is 1. The summed E-state index contributed by atoms with van der Waals surface area (Å²) in [5.74, 6) is 1.23. The zero-order chi connectivity index (χ0) is 19.3. The number of thioether (sulfide) groups is 1. The van der Waals surface area contributed by atoms with Crippen molar-refractivity contribution in [1.29, 1.82) is 0 Å². The lowest BCUT2D eigenvalue weighted by Crippen LogP contribution is -2.25. The lowest BCUT2D eigenvalue weighted by atomic mass is 10.1. The highest BCUT2D eigenvalue weighted by Crippen LogP contribution is 2.18. The molecule has 0 fully saturated rings. The van der Waals surface area contributed by atoms with Crippen LogP contribution in [0.2, 0.25) is 0 Å². The lowest BCUT2D eigenvalue weighted by molar-refractivity contribution is 0.0953. The average molecular weight is 387 g/mol. The Labute approximate surface area is 166 Å². The summed E-state index contributed by atoms with van der Waals surface area (Å²) in [6, 6.07) is 10.8. The summed E-state index contributed by atoms with van der Waals surface area (Å²) in [5.41, 5.74) is 1.66. The molecule has 0 aliphatic rings. The molecule has 0 unspecified atom stereocenters. The molecule has 0 bridgehead atoms. The number of rotatable bonds is 12.